The molecule has 2 heteroatoms. The number of pyridine rings is 1. The van der Waals surface area contributed by atoms with E-state index >= 15 is 0 Å². The fraction of sp³-hybridized carbons (Fsp3) is 0.100. The summed E-state index contributed by atoms with van der Waals surface area (Å²) in [6, 6.07) is 7.12. The van der Waals surface area contributed by atoms with E-state index in [4.69, 9.17) is 0 Å². The highest BCUT2D eigenvalue weighted by atomic mass is 16.3. The van der Waals surface area contributed by atoms with Crippen LogP contribution in [0.15, 0.2) is 30.5 Å². The molecule has 1 heterocycles. The summed E-state index contributed by atoms with van der Waals surface area (Å²) < 4.78 is 0. The lowest BCUT2D eigenvalue weighted by atomic mass is 10.1. The maximum Gasteiger partial charge on any atom is 0.0626 e. The highest BCUT2D eigenvalue weighted by Crippen LogP contribution is 2.21. The Morgan fingerprint density at radius 2 is 2.08 bits per heavy atom. The second-order valence-corrected chi connectivity index (χ2v) is 2.78. The molecule has 0 amide bonds. The Morgan fingerprint density at radius 3 is 2.83 bits per heavy atom. The molecule has 0 spiro atoms. The van der Waals surface area contributed by atoms with Crippen LogP contribution in [0, 0.1) is 6.92 Å². The minimum Gasteiger partial charge on any atom is -0.871 e. The van der Waals surface area contributed by atoms with Crippen molar-refractivity contribution in [3.05, 3.63) is 36.0 Å². The van der Waals surface area contributed by atoms with E-state index in [0.29, 0.717) is 5.52 Å². The van der Waals surface area contributed by atoms with Gasteiger partial charge in [-0.05, 0) is 18.6 Å². The van der Waals surface area contributed by atoms with Crippen molar-refractivity contribution in [2.24, 2.45) is 0 Å². The third-order valence-electron chi connectivity index (χ3n) is 1.95. The maximum atomic E-state index is 11.3. The number of aromatic nitrogens is 1. The van der Waals surface area contributed by atoms with Crippen LogP contribution >= 0.6 is 0 Å². The standard InChI is InChI=1S/C10H9NO/c1-7-5-6-11-10-8(7)3-2-4-9(10)12/h2-6,12H,1H3/p-1. The van der Waals surface area contributed by atoms with Crippen LogP contribution < -0.4 is 5.11 Å². The Morgan fingerprint density at radius 1 is 1.25 bits per heavy atom. The van der Waals surface area contributed by atoms with Crippen molar-refractivity contribution in [3.8, 4) is 5.75 Å². The van der Waals surface area contributed by atoms with Crippen LogP contribution in [0.2, 0.25) is 0 Å². The Hall–Kier alpha value is -1.57. The first-order valence-electron chi connectivity index (χ1n) is 3.80. The summed E-state index contributed by atoms with van der Waals surface area (Å²) >= 11 is 0. The van der Waals surface area contributed by atoms with E-state index in [-0.39, 0.29) is 5.75 Å². The Bertz CT molecular complexity index is 382. The van der Waals surface area contributed by atoms with Crippen molar-refractivity contribution >= 4 is 10.9 Å². The van der Waals surface area contributed by atoms with E-state index in [2.05, 4.69) is 4.98 Å². The lowest BCUT2D eigenvalue weighted by Crippen LogP contribution is -1.92. The van der Waals surface area contributed by atoms with Gasteiger partial charge in [0.2, 0.25) is 0 Å². The van der Waals surface area contributed by atoms with Crippen LogP contribution in [-0.4, -0.2) is 4.98 Å². The lowest BCUT2D eigenvalue weighted by molar-refractivity contribution is -0.266. The number of hydrogen-bond donors (Lipinski definition) is 0. The summed E-state index contributed by atoms with van der Waals surface area (Å²) in [5.74, 6) is -0.00352. The van der Waals surface area contributed by atoms with Gasteiger partial charge in [-0.1, -0.05) is 23.9 Å². The van der Waals surface area contributed by atoms with Crippen LogP contribution in [0.5, 0.6) is 5.75 Å². The Kier molecular flexibility index (Phi) is 1.47. The van der Waals surface area contributed by atoms with Gasteiger partial charge in [0, 0.05) is 11.6 Å². The zero-order chi connectivity index (χ0) is 8.55. The van der Waals surface area contributed by atoms with Crippen LogP contribution in [0.3, 0.4) is 0 Å². The van der Waals surface area contributed by atoms with Gasteiger partial charge in [-0.3, -0.25) is 4.98 Å². The number of fused-ring (bicyclic) bond motifs is 1. The average molecular weight is 158 g/mol. The van der Waals surface area contributed by atoms with Gasteiger partial charge in [-0.2, -0.15) is 0 Å². The van der Waals surface area contributed by atoms with Gasteiger partial charge < -0.3 is 5.11 Å². The van der Waals surface area contributed by atoms with E-state index in [1.54, 1.807) is 12.3 Å². The lowest BCUT2D eigenvalue weighted by Gasteiger charge is -2.09. The molecule has 0 unspecified atom stereocenters. The minimum atomic E-state index is -0.00352. The molecule has 1 aromatic heterocycles. The molecule has 2 rings (SSSR count). The molecule has 0 bridgehead atoms. The molecule has 1 aromatic carbocycles. The summed E-state index contributed by atoms with van der Waals surface area (Å²) in [6.07, 6.45) is 1.67. The van der Waals surface area contributed by atoms with Gasteiger partial charge in [0.15, 0.2) is 0 Å². The molecule has 0 fully saturated rings. The quantitative estimate of drug-likeness (QED) is 0.584. The molecule has 0 N–H and O–H groups in total. The fourth-order valence-corrected chi connectivity index (χ4v) is 1.29. The van der Waals surface area contributed by atoms with Crippen LogP contribution in [-0.2, 0) is 0 Å². The summed E-state index contributed by atoms with van der Waals surface area (Å²) in [7, 11) is 0. The van der Waals surface area contributed by atoms with E-state index in [1.807, 2.05) is 19.1 Å². The normalized spacial score (nSPS) is 10.4. The van der Waals surface area contributed by atoms with Crippen LogP contribution in [0.25, 0.3) is 10.9 Å². The number of rotatable bonds is 0. The van der Waals surface area contributed by atoms with Gasteiger partial charge in [0.1, 0.15) is 0 Å². The molecule has 0 atom stereocenters. The molecule has 0 saturated carbocycles. The molecule has 2 aromatic rings. The number of para-hydroxylation sites is 1. The predicted octanol–water partition coefficient (Wildman–Crippen LogP) is 1.62. The first-order valence-corrected chi connectivity index (χ1v) is 3.80. The molecule has 0 radical (unpaired) electrons. The van der Waals surface area contributed by atoms with Gasteiger partial charge in [-0.15, -0.1) is 0 Å². The van der Waals surface area contributed by atoms with E-state index in [0.717, 1.165) is 10.9 Å². The Labute approximate surface area is 70.5 Å². The van der Waals surface area contributed by atoms with E-state index < -0.39 is 0 Å². The SMILES string of the molecule is Cc1ccnc2c([O-])cccc12. The first kappa shape index (κ1) is 7.10. The first-order chi connectivity index (χ1) is 5.79. The van der Waals surface area contributed by atoms with Gasteiger partial charge in [0.05, 0.1) is 5.52 Å². The van der Waals surface area contributed by atoms with Crippen LogP contribution in [0.1, 0.15) is 5.56 Å². The minimum absolute atomic E-state index is 0.00352. The smallest absolute Gasteiger partial charge is 0.0626 e. The molecule has 0 aliphatic heterocycles. The number of nitrogens with zero attached hydrogens (tertiary/aromatic N) is 1. The van der Waals surface area contributed by atoms with Crippen molar-refractivity contribution in [2.45, 2.75) is 6.92 Å². The maximum absolute atomic E-state index is 11.3. The average Bonchev–Trinajstić information content (AvgIpc) is 2.07. The van der Waals surface area contributed by atoms with Crippen LogP contribution in [0.4, 0.5) is 0 Å². The third-order valence-corrected chi connectivity index (χ3v) is 1.95. The molecule has 12 heavy (non-hydrogen) atoms. The fourth-order valence-electron chi connectivity index (χ4n) is 1.29. The molecule has 0 saturated heterocycles. The highest BCUT2D eigenvalue weighted by Gasteiger charge is 1.95. The molecular weight excluding hydrogens is 150 g/mol. The van der Waals surface area contributed by atoms with Gasteiger partial charge in [0.25, 0.3) is 0 Å². The number of benzene rings is 1. The molecule has 0 aliphatic carbocycles. The second-order valence-electron chi connectivity index (χ2n) is 2.78. The third kappa shape index (κ3) is 0.925. The zero-order valence-corrected chi connectivity index (χ0v) is 6.74. The van der Waals surface area contributed by atoms with E-state index in [1.165, 1.54) is 6.07 Å². The van der Waals surface area contributed by atoms with Crippen molar-refractivity contribution < 1.29 is 5.11 Å². The van der Waals surface area contributed by atoms with E-state index in [9.17, 15) is 5.11 Å². The number of hydrogen-bond acceptors (Lipinski definition) is 2. The van der Waals surface area contributed by atoms with Gasteiger partial charge in [-0.25, -0.2) is 0 Å². The van der Waals surface area contributed by atoms with Crippen molar-refractivity contribution in [3.63, 3.8) is 0 Å². The molecular formula is C10H8NO-. The molecule has 2 nitrogen and oxygen atoms in total. The highest BCUT2D eigenvalue weighted by molar-refractivity contribution is 5.86. The van der Waals surface area contributed by atoms with Crippen molar-refractivity contribution in [1.29, 1.82) is 0 Å². The monoisotopic (exact) mass is 158 g/mol. The zero-order valence-electron chi connectivity index (χ0n) is 6.74. The molecule has 60 valence electrons. The Balaban J connectivity index is 2.94. The molecule has 0 aliphatic rings. The van der Waals surface area contributed by atoms with Crippen molar-refractivity contribution in [2.75, 3.05) is 0 Å². The predicted molar refractivity (Wildman–Crippen MR) is 45.9 cm³/mol. The second kappa shape index (κ2) is 2.48. The largest absolute Gasteiger partial charge is 0.871 e. The van der Waals surface area contributed by atoms with Crippen molar-refractivity contribution in [1.82, 2.24) is 4.98 Å². The summed E-state index contributed by atoms with van der Waals surface area (Å²) in [5.41, 5.74) is 1.66. The summed E-state index contributed by atoms with van der Waals surface area (Å²) in [4.78, 5) is 4.03. The summed E-state index contributed by atoms with van der Waals surface area (Å²) in [6.45, 7) is 1.98. The summed E-state index contributed by atoms with van der Waals surface area (Å²) in [5, 5.41) is 12.2. The van der Waals surface area contributed by atoms with Gasteiger partial charge >= 0.3 is 0 Å². The topological polar surface area (TPSA) is 36.0 Å². The number of aryl methyl sites for hydroxylation is 1.